The Morgan fingerprint density at radius 1 is 1.33 bits per heavy atom. The number of hydrogen-bond acceptors (Lipinski definition) is 3. The summed E-state index contributed by atoms with van der Waals surface area (Å²) in [5, 5.41) is 2.99. The SMILES string of the molecule is CCN(CC)CCOc1ccccc1NC(=O)C1CC1C. The number of likely N-dealkylation sites (N-methyl/N-ethyl adjacent to an activating group) is 1. The van der Waals surface area contributed by atoms with Gasteiger partial charge in [-0.3, -0.25) is 4.79 Å². The summed E-state index contributed by atoms with van der Waals surface area (Å²) >= 11 is 0. The first-order chi connectivity index (χ1) is 10.2. The van der Waals surface area contributed by atoms with Crippen LogP contribution in [0.4, 0.5) is 5.69 Å². The predicted octanol–water partition coefficient (Wildman–Crippen LogP) is 3.00. The lowest BCUT2D eigenvalue weighted by Crippen LogP contribution is -2.28. The summed E-state index contributed by atoms with van der Waals surface area (Å²) in [6.45, 7) is 9.98. The molecule has 1 N–H and O–H groups in total. The smallest absolute Gasteiger partial charge is 0.227 e. The normalized spacial score (nSPS) is 20.4. The molecular weight excluding hydrogens is 264 g/mol. The van der Waals surface area contributed by atoms with Gasteiger partial charge in [-0.2, -0.15) is 0 Å². The highest BCUT2D eigenvalue weighted by Gasteiger charge is 2.39. The fraction of sp³-hybridized carbons (Fsp3) is 0.588. The molecule has 0 aliphatic heterocycles. The molecule has 2 rings (SSSR count). The average molecular weight is 290 g/mol. The molecule has 116 valence electrons. The second-order valence-corrected chi connectivity index (χ2v) is 5.68. The van der Waals surface area contributed by atoms with E-state index in [1.54, 1.807) is 0 Å². The van der Waals surface area contributed by atoms with Gasteiger partial charge < -0.3 is 15.0 Å². The van der Waals surface area contributed by atoms with Crippen LogP contribution in [0.2, 0.25) is 0 Å². The lowest BCUT2D eigenvalue weighted by molar-refractivity contribution is -0.117. The van der Waals surface area contributed by atoms with Gasteiger partial charge in [-0.25, -0.2) is 0 Å². The van der Waals surface area contributed by atoms with Crippen LogP contribution in [0.1, 0.15) is 27.2 Å². The van der Waals surface area contributed by atoms with E-state index in [1.165, 1.54) is 0 Å². The molecule has 1 saturated carbocycles. The van der Waals surface area contributed by atoms with Crippen LogP contribution in [-0.4, -0.2) is 37.0 Å². The predicted molar refractivity (Wildman–Crippen MR) is 85.6 cm³/mol. The van der Waals surface area contributed by atoms with Gasteiger partial charge in [0.25, 0.3) is 0 Å². The maximum atomic E-state index is 12.0. The zero-order valence-electron chi connectivity index (χ0n) is 13.3. The Bertz CT molecular complexity index is 472. The van der Waals surface area contributed by atoms with Gasteiger partial charge in [-0.1, -0.05) is 32.9 Å². The highest BCUT2D eigenvalue weighted by molar-refractivity contribution is 5.95. The molecular formula is C17H26N2O2. The van der Waals surface area contributed by atoms with E-state index < -0.39 is 0 Å². The summed E-state index contributed by atoms with van der Waals surface area (Å²) in [7, 11) is 0. The Kier molecular flexibility index (Phi) is 5.62. The van der Waals surface area contributed by atoms with Crippen LogP contribution < -0.4 is 10.1 Å². The molecule has 2 unspecified atom stereocenters. The number of carbonyl (C=O) groups excluding carboxylic acids is 1. The minimum absolute atomic E-state index is 0.113. The van der Waals surface area contributed by atoms with Crippen LogP contribution in [0.3, 0.4) is 0 Å². The molecule has 4 heteroatoms. The molecule has 21 heavy (non-hydrogen) atoms. The Morgan fingerprint density at radius 2 is 2.00 bits per heavy atom. The molecule has 0 spiro atoms. The molecule has 0 saturated heterocycles. The number of ether oxygens (including phenoxy) is 1. The van der Waals surface area contributed by atoms with Crippen molar-refractivity contribution in [2.24, 2.45) is 11.8 Å². The fourth-order valence-corrected chi connectivity index (χ4v) is 2.43. The van der Waals surface area contributed by atoms with Gasteiger partial charge in [0.1, 0.15) is 12.4 Å². The number of amides is 1. The summed E-state index contributed by atoms with van der Waals surface area (Å²) in [5.74, 6) is 1.56. The zero-order chi connectivity index (χ0) is 15.2. The Morgan fingerprint density at radius 3 is 2.62 bits per heavy atom. The Labute approximate surface area is 127 Å². The number of anilines is 1. The van der Waals surface area contributed by atoms with Crippen molar-refractivity contribution in [1.29, 1.82) is 0 Å². The van der Waals surface area contributed by atoms with E-state index in [0.717, 1.165) is 37.5 Å². The number of nitrogens with one attached hydrogen (secondary N) is 1. The molecule has 1 aromatic rings. The van der Waals surface area contributed by atoms with Gasteiger partial charge in [-0.05, 0) is 37.6 Å². The fourth-order valence-electron chi connectivity index (χ4n) is 2.43. The van der Waals surface area contributed by atoms with Gasteiger partial charge in [0.2, 0.25) is 5.91 Å². The number of rotatable bonds is 8. The number of carbonyl (C=O) groups is 1. The summed E-state index contributed by atoms with van der Waals surface area (Å²) in [5.41, 5.74) is 0.779. The van der Waals surface area contributed by atoms with Crippen LogP contribution in [0, 0.1) is 11.8 Å². The van der Waals surface area contributed by atoms with E-state index in [-0.39, 0.29) is 11.8 Å². The van der Waals surface area contributed by atoms with Crippen molar-refractivity contribution >= 4 is 11.6 Å². The maximum absolute atomic E-state index is 12.0. The lowest BCUT2D eigenvalue weighted by Gasteiger charge is -2.19. The number of benzene rings is 1. The molecule has 1 aromatic carbocycles. The summed E-state index contributed by atoms with van der Waals surface area (Å²) in [4.78, 5) is 14.3. The minimum atomic E-state index is 0.113. The van der Waals surface area contributed by atoms with Gasteiger partial charge in [0.15, 0.2) is 0 Å². The largest absolute Gasteiger partial charge is 0.490 e. The van der Waals surface area contributed by atoms with Crippen molar-refractivity contribution < 1.29 is 9.53 Å². The highest BCUT2D eigenvalue weighted by Crippen LogP contribution is 2.39. The minimum Gasteiger partial charge on any atom is -0.490 e. The van der Waals surface area contributed by atoms with Crippen LogP contribution >= 0.6 is 0 Å². The molecule has 0 heterocycles. The van der Waals surface area contributed by atoms with E-state index >= 15 is 0 Å². The molecule has 4 nitrogen and oxygen atoms in total. The molecule has 2 atom stereocenters. The van der Waals surface area contributed by atoms with Crippen LogP contribution in [0.15, 0.2) is 24.3 Å². The third-order valence-electron chi connectivity index (χ3n) is 4.15. The Balaban J connectivity index is 1.89. The van der Waals surface area contributed by atoms with Crippen molar-refractivity contribution in [1.82, 2.24) is 4.90 Å². The number of para-hydroxylation sites is 2. The van der Waals surface area contributed by atoms with Crippen LogP contribution in [0.5, 0.6) is 5.75 Å². The first-order valence-corrected chi connectivity index (χ1v) is 7.90. The van der Waals surface area contributed by atoms with E-state index in [1.807, 2.05) is 24.3 Å². The van der Waals surface area contributed by atoms with Gasteiger partial charge in [0.05, 0.1) is 5.69 Å². The van der Waals surface area contributed by atoms with Gasteiger partial charge >= 0.3 is 0 Å². The lowest BCUT2D eigenvalue weighted by atomic mass is 10.2. The summed E-state index contributed by atoms with van der Waals surface area (Å²) in [6.07, 6.45) is 0.997. The summed E-state index contributed by atoms with van der Waals surface area (Å²) in [6, 6.07) is 7.66. The molecule has 1 amide bonds. The number of nitrogens with zero attached hydrogens (tertiary/aromatic N) is 1. The van der Waals surface area contributed by atoms with Crippen molar-refractivity contribution in [3.05, 3.63) is 24.3 Å². The van der Waals surface area contributed by atoms with Crippen LogP contribution in [0.25, 0.3) is 0 Å². The van der Waals surface area contributed by atoms with E-state index in [9.17, 15) is 4.79 Å². The quantitative estimate of drug-likeness (QED) is 0.800. The van der Waals surface area contributed by atoms with Crippen molar-refractivity contribution in [3.8, 4) is 5.75 Å². The highest BCUT2D eigenvalue weighted by atomic mass is 16.5. The molecule has 1 aliphatic rings. The van der Waals surface area contributed by atoms with Crippen molar-refractivity contribution in [2.45, 2.75) is 27.2 Å². The monoisotopic (exact) mass is 290 g/mol. The Hall–Kier alpha value is -1.55. The molecule has 0 bridgehead atoms. The molecule has 0 aromatic heterocycles. The second-order valence-electron chi connectivity index (χ2n) is 5.68. The molecule has 1 aliphatic carbocycles. The third kappa shape index (κ3) is 4.46. The topological polar surface area (TPSA) is 41.6 Å². The summed E-state index contributed by atoms with van der Waals surface area (Å²) < 4.78 is 5.84. The molecule has 0 radical (unpaired) electrons. The van der Waals surface area contributed by atoms with Gasteiger partial charge in [-0.15, -0.1) is 0 Å². The average Bonchev–Trinajstić information content (AvgIpc) is 3.22. The van der Waals surface area contributed by atoms with E-state index in [0.29, 0.717) is 12.5 Å². The van der Waals surface area contributed by atoms with Crippen molar-refractivity contribution in [3.63, 3.8) is 0 Å². The first-order valence-electron chi connectivity index (χ1n) is 7.90. The maximum Gasteiger partial charge on any atom is 0.227 e. The number of hydrogen-bond donors (Lipinski definition) is 1. The first kappa shape index (κ1) is 15.8. The third-order valence-corrected chi connectivity index (χ3v) is 4.15. The van der Waals surface area contributed by atoms with E-state index in [2.05, 4.69) is 31.0 Å². The van der Waals surface area contributed by atoms with Gasteiger partial charge in [0, 0.05) is 12.5 Å². The van der Waals surface area contributed by atoms with Crippen LogP contribution in [-0.2, 0) is 4.79 Å². The van der Waals surface area contributed by atoms with E-state index in [4.69, 9.17) is 4.74 Å². The molecule has 1 fully saturated rings. The zero-order valence-corrected chi connectivity index (χ0v) is 13.3. The standard InChI is InChI=1S/C17H26N2O2/c1-4-19(5-2)10-11-21-16-9-7-6-8-15(16)18-17(20)14-12-13(14)3/h6-9,13-14H,4-5,10-12H2,1-3H3,(H,18,20). The second kappa shape index (κ2) is 7.46. The van der Waals surface area contributed by atoms with Crippen molar-refractivity contribution in [2.75, 3.05) is 31.6 Å².